The van der Waals surface area contributed by atoms with Crippen LogP contribution in [0, 0.1) is 11.6 Å². The van der Waals surface area contributed by atoms with Gasteiger partial charge in [-0.15, -0.1) is 0 Å². The molecule has 1 unspecified atom stereocenters. The maximum Gasteiger partial charge on any atom is 0.140 e. The van der Waals surface area contributed by atoms with E-state index in [1.807, 2.05) is 6.92 Å². The molecule has 0 aromatic heterocycles. The van der Waals surface area contributed by atoms with Crippen molar-refractivity contribution in [3.05, 3.63) is 75.0 Å². The number of hydrogen-bond acceptors (Lipinski definition) is 3. The molecular formula is C23H22ClF2NO2. The molecule has 0 amide bonds. The van der Waals surface area contributed by atoms with Crippen LogP contribution in [0.5, 0.6) is 5.75 Å². The van der Waals surface area contributed by atoms with Crippen molar-refractivity contribution < 1.29 is 18.6 Å². The Bertz CT molecular complexity index is 1040. The number of nitrogen functional groups attached to an aromatic ring is 1. The van der Waals surface area contributed by atoms with E-state index in [0.29, 0.717) is 29.0 Å². The molecule has 0 radical (unpaired) electrons. The lowest BCUT2D eigenvalue weighted by atomic mass is 9.88. The Morgan fingerprint density at radius 1 is 1.24 bits per heavy atom. The van der Waals surface area contributed by atoms with E-state index < -0.39 is 11.6 Å². The maximum absolute atomic E-state index is 15.5. The monoisotopic (exact) mass is 417 g/mol. The minimum Gasteiger partial charge on any atom is -0.508 e. The number of aliphatic hydroxyl groups excluding tert-OH is 1. The lowest BCUT2D eigenvalue weighted by molar-refractivity contribution is 0.189. The summed E-state index contributed by atoms with van der Waals surface area (Å²) in [5.41, 5.74) is 7.98. The second-order valence-corrected chi connectivity index (χ2v) is 8.06. The molecule has 2 aromatic rings. The van der Waals surface area contributed by atoms with Crippen LogP contribution in [-0.4, -0.2) is 11.2 Å². The van der Waals surface area contributed by atoms with Crippen molar-refractivity contribution in [2.75, 3.05) is 5.73 Å². The zero-order chi connectivity index (χ0) is 20.7. The van der Waals surface area contributed by atoms with Crippen LogP contribution < -0.4 is 10.5 Å². The fourth-order valence-electron chi connectivity index (χ4n) is 3.76. The molecule has 0 spiro atoms. The quantitative estimate of drug-likeness (QED) is 0.452. The van der Waals surface area contributed by atoms with Crippen LogP contribution in [-0.2, 0) is 6.42 Å². The first kappa shape index (κ1) is 19.8. The standard InChI is InChI=1S/C23H22ClF2NO2/c1-12-5-7-16-21(29-12)11-18(25)22(23(16)26)17(10-20(28)13-3-2-4-13)15-8-6-14(24)9-19(15)27/h6,8-12,28H,2-5,7,27H2,1H3/b17-10-. The minimum atomic E-state index is -0.762. The van der Waals surface area contributed by atoms with Gasteiger partial charge in [-0.25, -0.2) is 8.78 Å². The van der Waals surface area contributed by atoms with Crippen molar-refractivity contribution in [2.24, 2.45) is 0 Å². The summed E-state index contributed by atoms with van der Waals surface area (Å²) < 4.78 is 36.3. The fraction of sp³-hybridized carbons (Fsp3) is 0.304. The highest BCUT2D eigenvalue weighted by molar-refractivity contribution is 6.31. The largest absolute Gasteiger partial charge is 0.508 e. The summed E-state index contributed by atoms with van der Waals surface area (Å²) in [5.74, 6) is -1.18. The highest BCUT2D eigenvalue weighted by atomic mass is 35.5. The van der Waals surface area contributed by atoms with E-state index in [1.165, 1.54) is 18.2 Å². The molecule has 1 saturated carbocycles. The third-order valence-electron chi connectivity index (χ3n) is 5.58. The number of benzene rings is 2. The number of fused-ring (bicyclic) bond motifs is 1. The summed E-state index contributed by atoms with van der Waals surface area (Å²) in [6, 6.07) is 5.96. The van der Waals surface area contributed by atoms with Gasteiger partial charge in [-0.3, -0.25) is 0 Å². The van der Waals surface area contributed by atoms with Gasteiger partial charge >= 0.3 is 0 Å². The van der Waals surface area contributed by atoms with Gasteiger partial charge in [0, 0.05) is 33.5 Å². The Kier molecular flexibility index (Phi) is 5.26. The van der Waals surface area contributed by atoms with Gasteiger partial charge in [0.15, 0.2) is 0 Å². The van der Waals surface area contributed by atoms with E-state index in [2.05, 4.69) is 0 Å². The first-order valence-electron chi connectivity index (χ1n) is 9.71. The van der Waals surface area contributed by atoms with E-state index in [9.17, 15) is 5.11 Å². The zero-order valence-corrected chi connectivity index (χ0v) is 16.8. The maximum atomic E-state index is 15.5. The van der Waals surface area contributed by atoms with Gasteiger partial charge in [0.2, 0.25) is 0 Å². The van der Waals surface area contributed by atoms with Crippen molar-refractivity contribution in [3.8, 4) is 5.75 Å². The minimum absolute atomic E-state index is 0.0296. The zero-order valence-electron chi connectivity index (χ0n) is 16.1. The van der Waals surface area contributed by atoms with Crippen molar-refractivity contribution in [2.45, 2.75) is 45.1 Å². The highest BCUT2D eigenvalue weighted by Crippen LogP contribution is 2.40. The second kappa shape index (κ2) is 7.71. The molecule has 0 bridgehead atoms. The second-order valence-electron chi connectivity index (χ2n) is 7.62. The SMILES string of the molecule is CC1CCc2c(cc(F)c(/C(=C\C(O)=C3CCC3)c3ccc(Cl)cc3N)c2F)O1. The number of anilines is 1. The number of allylic oxidation sites excluding steroid dienone is 2. The van der Waals surface area contributed by atoms with Gasteiger partial charge in [0.1, 0.15) is 23.1 Å². The molecule has 152 valence electrons. The van der Waals surface area contributed by atoms with Crippen molar-refractivity contribution in [1.82, 2.24) is 0 Å². The summed E-state index contributed by atoms with van der Waals surface area (Å²) in [7, 11) is 0. The van der Waals surface area contributed by atoms with Crippen molar-refractivity contribution >= 4 is 22.9 Å². The molecule has 3 N–H and O–H groups in total. The summed E-state index contributed by atoms with van der Waals surface area (Å²) in [4.78, 5) is 0. The van der Waals surface area contributed by atoms with Crippen LogP contribution in [0.2, 0.25) is 5.02 Å². The first-order valence-corrected chi connectivity index (χ1v) is 10.1. The van der Waals surface area contributed by atoms with Crippen LogP contribution in [0.15, 0.2) is 41.7 Å². The normalized spacial score (nSPS) is 18.7. The van der Waals surface area contributed by atoms with E-state index in [4.69, 9.17) is 22.1 Å². The molecule has 6 heteroatoms. The molecule has 0 saturated heterocycles. The highest BCUT2D eigenvalue weighted by Gasteiger charge is 2.28. The molecule has 1 fully saturated rings. The number of nitrogens with two attached hydrogens (primary N) is 1. The first-order chi connectivity index (χ1) is 13.8. The molecule has 4 rings (SSSR count). The molecule has 1 heterocycles. The van der Waals surface area contributed by atoms with Crippen LogP contribution in [0.4, 0.5) is 14.5 Å². The summed E-state index contributed by atoms with van der Waals surface area (Å²) >= 11 is 6.00. The van der Waals surface area contributed by atoms with E-state index >= 15 is 8.78 Å². The van der Waals surface area contributed by atoms with E-state index in [1.54, 1.807) is 12.1 Å². The summed E-state index contributed by atoms with van der Waals surface area (Å²) in [5, 5.41) is 10.9. The molecular weight excluding hydrogens is 396 g/mol. The number of halogens is 3. The van der Waals surface area contributed by atoms with E-state index in [0.717, 1.165) is 24.8 Å². The molecule has 1 aliphatic heterocycles. The predicted molar refractivity (Wildman–Crippen MR) is 111 cm³/mol. The Hall–Kier alpha value is -2.53. The van der Waals surface area contributed by atoms with Gasteiger partial charge < -0.3 is 15.6 Å². The smallest absolute Gasteiger partial charge is 0.140 e. The third-order valence-corrected chi connectivity index (χ3v) is 5.82. The van der Waals surface area contributed by atoms with Gasteiger partial charge in [0.25, 0.3) is 0 Å². The Balaban J connectivity index is 1.94. The number of rotatable bonds is 3. The lowest BCUT2D eigenvalue weighted by Gasteiger charge is -2.25. The summed E-state index contributed by atoms with van der Waals surface area (Å²) in [6.45, 7) is 1.87. The van der Waals surface area contributed by atoms with Crippen molar-refractivity contribution in [3.63, 3.8) is 0 Å². The van der Waals surface area contributed by atoms with Gasteiger partial charge in [-0.2, -0.15) is 0 Å². The number of ether oxygens (including phenoxy) is 1. The average molecular weight is 418 g/mol. The Morgan fingerprint density at radius 3 is 2.66 bits per heavy atom. The lowest BCUT2D eigenvalue weighted by Crippen LogP contribution is -2.21. The van der Waals surface area contributed by atoms with Crippen LogP contribution in [0.25, 0.3) is 5.57 Å². The molecule has 29 heavy (non-hydrogen) atoms. The third kappa shape index (κ3) is 3.71. The molecule has 3 nitrogen and oxygen atoms in total. The van der Waals surface area contributed by atoms with Crippen LogP contribution >= 0.6 is 11.6 Å². The molecule has 2 aromatic carbocycles. The molecule has 1 atom stereocenters. The van der Waals surface area contributed by atoms with E-state index in [-0.39, 0.29) is 34.4 Å². The van der Waals surface area contributed by atoms with Crippen LogP contribution in [0.1, 0.15) is 49.3 Å². The summed E-state index contributed by atoms with van der Waals surface area (Å²) in [6.07, 6.45) is 4.94. The van der Waals surface area contributed by atoms with Crippen LogP contribution in [0.3, 0.4) is 0 Å². The van der Waals surface area contributed by atoms with Crippen molar-refractivity contribution in [1.29, 1.82) is 0 Å². The van der Waals surface area contributed by atoms with Gasteiger partial charge in [0.05, 0.1) is 11.7 Å². The number of aliphatic hydroxyl groups is 1. The average Bonchev–Trinajstić information content (AvgIpc) is 2.59. The predicted octanol–water partition coefficient (Wildman–Crippen LogP) is 6.34. The van der Waals surface area contributed by atoms with Gasteiger partial charge in [-0.1, -0.05) is 17.7 Å². The molecule has 1 aliphatic carbocycles. The van der Waals surface area contributed by atoms with Gasteiger partial charge in [-0.05, 0) is 62.8 Å². The topological polar surface area (TPSA) is 55.5 Å². The Morgan fingerprint density at radius 2 is 2.00 bits per heavy atom. The number of hydrogen-bond donors (Lipinski definition) is 2. The molecule has 2 aliphatic rings. The fourth-order valence-corrected chi connectivity index (χ4v) is 3.94. The Labute approximate surface area is 173 Å².